The van der Waals surface area contributed by atoms with Crippen molar-refractivity contribution < 1.29 is 14.3 Å². The second-order valence-corrected chi connectivity index (χ2v) is 8.65. The van der Waals surface area contributed by atoms with E-state index < -0.39 is 6.10 Å². The van der Waals surface area contributed by atoms with E-state index in [-0.39, 0.29) is 24.4 Å². The zero-order valence-corrected chi connectivity index (χ0v) is 18.2. The van der Waals surface area contributed by atoms with Crippen LogP contribution in [0, 0.1) is 5.92 Å². The molecule has 1 atom stereocenters. The molecule has 160 valence electrons. The summed E-state index contributed by atoms with van der Waals surface area (Å²) in [7, 11) is 0. The van der Waals surface area contributed by atoms with Crippen molar-refractivity contribution in [3.63, 3.8) is 0 Å². The maximum absolute atomic E-state index is 13.1. The molecule has 0 aromatic heterocycles. The Morgan fingerprint density at radius 3 is 2.52 bits per heavy atom. The van der Waals surface area contributed by atoms with Crippen LogP contribution >= 0.6 is 0 Å². The fourth-order valence-electron chi connectivity index (χ4n) is 3.87. The van der Waals surface area contributed by atoms with Crippen LogP contribution in [0.15, 0.2) is 24.3 Å². The Hall–Kier alpha value is -2.24. The summed E-state index contributed by atoms with van der Waals surface area (Å²) in [6.07, 6.45) is 3.35. The third-order valence-electron chi connectivity index (χ3n) is 5.68. The van der Waals surface area contributed by atoms with Gasteiger partial charge in [-0.1, -0.05) is 39.8 Å². The molecule has 0 bridgehead atoms. The molecule has 1 heterocycles. The van der Waals surface area contributed by atoms with E-state index in [1.807, 2.05) is 34.1 Å². The van der Waals surface area contributed by atoms with E-state index >= 15 is 0 Å². The zero-order chi connectivity index (χ0) is 21.0. The predicted octanol–water partition coefficient (Wildman–Crippen LogP) is 3.21. The van der Waals surface area contributed by atoms with Crippen molar-refractivity contribution in [3.05, 3.63) is 24.3 Å². The molecule has 1 aromatic carbocycles. The summed E-state index contributed by atoms with van der Waals surface area (Å²) in [6, 6.07) is 8.20. The lowest BCUT2D eigenvalue weighted by Gasteiger charge is -2.37. The number of para-hydroxylation sites is 2. The van der Waals surface area contributed by atoms with Crippen LogP contribution in [-0.4, -0.2) is 54.5 Å². The van der Waals surface area contributed by atoms with Crippen LogP contribution in [0.5, 0.6) is 5.75 Å². The number of benzene rings is 1. The summed E-state index contributed by atoms with van der Waals surface area (Å²) in [6.45, 7) is 9.87. The van der Waals surface area contributed by atoms with Crippen LogP contribution in [0.3, 0.4) is 0 Å². The smallest absolute Gasteiger partial charge is 0.263 e. The second kappa shape index (κ2) is 9.51. The maximum atomic E-state index is 13.1. The highest BCUT2D eigenvalue weighted by Crippen LogP contribution is 2.34. The first-order valence-corrected chi connectivity index (χ1v) is 11.0. The molecule has 1 saturated carbocycles. The quantitative estimate of drug-likeness (QED) is 0.690. The van der Waals surface area contributed by atoms with E-state index in [9.17, 15) is 9.59 Å². The highest BCUT2D eigenvalue weighted by Gasteiger charge is 2.36. The number of fused-ring (bicyclic) bond motifs is 1. The first-order chi connectivity index (χ1) is 13.9. The van der Waals surface area contributed by atoms with Gasteiger partial charge >= 0.3 is 0 Å². The minimum atomic E-state index is -0.613. The van der Waals surface area contributed by atoms with E-state index in [1.165, 1.54) is 0 Å². The van der Waals surface area contributed by atoms with Crippen LogP contribution in [-0.2, 0) is 9.59 Å². The number of carbonyl (C=O) groups is 2. The fourth-order valence-corrected chi connectivity index (χ4v) is 3.87. The van der Waals surface area contributed by atoms with E-state index in [1.54, 1.807) is 0 Å². The summed E-state index contributed by atoms with van der Waals surface area (Å²) in [5.41, 5.74) is 0.882. The topological polar surface area (TPSA) is 61.9 Å². The SMILES string of the molecule is CCC(CC)NC(=O)C1CN(CC(=O)N(CC(C)C)C2CC2)c2ccccc2O1. The van der Waals surface area contributed by atoms with Gasteiger partial charge in [0.25, 0.3) is 5.91 Å². The molecule has 6 nitrogen and oxygen atoms in total. The van der Waals surface area contributed by atoms with Gasteiger partial charge in [0.15, 0.2) is 6.10 Å². The highest BCUT2D eigenvalue weighted by atomic mass is 16.5. The molecule has 1 unspecified atom stereocenters. The largest absolute Gasteiger partial charge is 0.477 e. The Labute approximate surface area is 174 Å². The fraction of sp³-hybridized carbons (Fsp3) is 0.652. The van der Waals surface area contributed by atoms with Crippen molar-refractivity contribution >= 4 is 17.5 Å². The number of rotatable bonds is 9. The third kappa shape index (κ3) is 5.43. The monoisotopic (exact) mass is 401 g/mol. The predicted molar refractivity (Wildman–Crippen MR) is 115 cm³/mol. The summed E-state index contributed by atoms with van der Waals surface area (Å²) >= 11 is 0. The first-order valence-electron chi connectivity index (χ1n) is 11.0. The molecule has 0 radical (unpaired) electrons. The summed E-state index contributed by atoms with van der Waals surface area (Å²) < 4.78 is 6.00. The Bertz CT molecular complexity index is 713. The second-order valence-electron chi connectivity index (χ2n) is 8.65. The molecule has 29 heavy (non-hydrogen) atoms. The molecule has 1 aromatic rings. The van der Waals surface area contributed by atoms with Crippen molar-refractivity contribution in [2.75, 3.05) is 24.5 Å². The molecular formula is C23H35N3O3. The normalized spacial score (nSPS) is 18.4. The Kier molecular flexibility index (Phi) is 7.04. The van der Waals surface area contributed by atoms with Gasteiger partial charge in [0.05, 0.1) is 18.8 Å². The average molecular weight is 402 g/mol. The first kappa shape index (κ1) is 21.5. The molecular weight excluding hydrogens is 366 g/mol. The van der Waals surface area contributed by atoms with Crippen LogP contribution in [0.25, 0.3) is 0 Å². The van der Waals surface area contributed by atoms with Crippen LogP contribution < -0.4 is 15.0 Å². The van der Waals surface area contributed by atoms with E-state index in [4.69, 9.17) is 4.74 Å². The molecule has 6 heteroatoms. The van der Waals surface area contributed by atoms with E-state index in [0.29, 0.717) is 24.3 Å². The van der Waals surface area contributed by atoms with Crippen molar-refractivity contribution in [2.24, 2.45) is 5.92 Å². The molecule has 1 aliphatic heterocycles. The molecule has 1 aliphatic carbocycles. The van der Waals surface area contributed by atoms with Gasteiger partial charge < -0.3 is 19.9 Å². The number of nitrogens with zero attached hydrogens (tertiary/aromatic N) is 2. The van der Waals surface area contributed by atoms with Gasteiger partial charge in [-0.3, -0.25) is 9.59 Å². The lowest BCUT2D eigenvalue weighted by molar-refractivity contribution is -0.132. The van der Waals surface area contributed by atoms with Gasteiger partial charge in [0.1, 0.15) is 5.75 Å². The van der Waals surface area contributed by atoms with Crippen molar-refractivity contribution in [1.29, 1.82) is 0 Å². The van der Waals surface area contributed by atoms with Crippen LogP contribution in [0.4, 0.5) is 5.69 Å². The van der Waals surface area contributed by atoms with Crippen molar-refractivity contribution in [2.45, 2.75) is 71.6 Å². The molecule has 1 fully saturated rings. The molecule has 0 saturated heterocycles. The number of carbonyl (C=O) groups excluding carboxylic acids is 2. The highest BCUT2D eigenvalue weighted by molar-refractivity contribution is 5.86. The lowest BCUT2D eigenvalue weighted by atomic mass is 10.1. The van der Waals surface area contributed by atoms with Gasteiger partial charge in [-0.15, -0.1) is 0 Å². The van der Waals surface area contributed by atoms with E-state index in [0.717, 1.165) is 37.9 Å². The maximum Gasteiger partial charge on any atom is 0.263 e. The van der Waals surface area contributed by atoms with Gasteiger partial charge in [-0.2, -0.15) is 0 Å². The van der Waals surface area contributed by atoms with E-state index in [2.05, 4.69) is 33.0 Å². The molecule has 0 spiro atoms. The van der Waals surface area contributed by atoms with Crippen LogP contribution in [0.2, 0.25) is 0 Å². The van der Waals surface area contributed by atoms with Crippen LogP contribution in [0.1, 0.15) is 53.4 Å². The number of hydrogen-bond donors (Lipinski definition) is 1. The summed E-state index contributed by atoms with van der Waals surface area (Å²) in [5, 5.41) is 3.08. The third-order valence-corrected chi connectivity index (χ3v) is 5.68. The average Bonchev–Trinajstić information content (AvgIpc) is 3.54. The Balaban J connectivity index is 1.74. The van der Waals surface area contributed by atoms with Gasteiger partial charge in [0.2, 0.25) is 5.91 Å². The van der Waals surface area contributed by atoms with Crippen molar-refractivity contribution in [1.82, 2.24) is 10.2 Å². The zero-order valence-electron chi connectivity index (χ0n) is 18.2. The standard InChI is InChI=1S/C23H35N3O3/c1-5-17(6-2)24-23(28)21-14-25(19-9-7-8-10-20(19)29-21)15-22(27)26(13-16(3)4)18-11-12-18/h7-10,16-18,21H,5-6,11-15H2,1-4H3,(H,24,28). The minimum Gasteiger partial charge on any atom is -0.477 e. The Morgan fingerprint density at radius 1 is 1.21 bits per heavy atom. The molecule has 3 rings (SSSR count). The molecule has 2 amide bonds. The van der Waals surface area contributed by atoms with Gasteiger partial charge in [-0.05, 0) is 43.7 Å². The molecule has 1 N–H and O–H groups in total. The summed E-state index contributed by atoms with van der Waals surface area (Å²) in [4.78, 5) is 30.0. The van der Waals surface area contributed by atoms with Gasteiger partial charge in [0, 0.05) is 18.6 Å². The minimum absolute atomic E-state index is 0.105. The van der Waals surface area contributed by atoms with Gasteiger partial charge in [-0.25, -0.2) is 0 Å². The lowest BCUT2D eigenvalue weighted by Crippen LogP contribution is -2.53. The number of anilines is 1. The number of hydrogen-bond acceptors (Lipinski definition) is 4. The number of ether oxygens (including phenoxy) is 1. The number of nitrogens with one attached hydrogen (secondary N) is 1. The molecule has 2 aliphatic rings. The van der Waals surface area contributed by atoms with Crippen molar-refractivity contribution in [3.8, 4) is 5.75 Å². The Morgan fingerprint density at radius 2 is 1.90 bits per heavy atom. The number of amides is 2. The summed E-state index contributed by atoms with van der Waals surface area (Å²) in [5.74, 6) is 1.14.